The van der Waals surface area contributed by atoms with Crippen LogP contribution in [0.25, 0.3) is 0 Å². The van der Waals surface area contributed by atoms with Gasteiger partial charge >= 0.3 is 0 Å². The Morgan fingerprint density at radius 3 is 2.53 bits per heavy atom. The van der Waals surface area contributed by atoms with Crippen LogP contribution < -0.4 is 24.4 Å². The van der Waals surface area contributed by atoms with Crippen LogP contribution in [0.1, 0.15) is 25.0 Å². The molecule has 0 unspecified atom stereocenters. The number of hydrogen-bond acceptors (Lipinski definition) is 5. The van der Waals surface area contributed by atoms with E-state index in [-0.39, 0.29) is 18.4 Å². The van der Waals surface area contributed by atoms with Gasteiger partial charge in [-0.25, -0.2) is 0 Å². The lowest BCUT2D eigenvalue weighted by Gasteiger charge is -2.38. The lowest BCUT2D eigenvalue weighted by molar-refractivity contribution is -0.134. The summed E-state index contributed by atoms with van der Waals surface area (Å²) in [6.45, 7) is 5.73. The predicted octanol–water partition coefficient (Wildman–Crippen LogP) is 2.88. The van der Waals surface area contributed by atoms with Crippen LogP contribution in [0.4, 0.5) is 5.69 Å². The maximum absolute atomic E-state index is 12.9. The van der Waals surface area contributed by atoms with E-state index in [2.05, 4.69) is 5.32 Å². The van der Waals surface area contributed by atoms with E-state index >= 15 is 0 Å². The molecule has 1 aliphatic heterocycles. The van der Waals surface area contributed by atoms with Crippen LogP contribution in [0.15, 0.2) is 36.4 Å². The van der Waals surface area contributed by atoms with Crippen LogP contribution in [0.5, 0.6) is 17.2 Å². The van der Waals surface area contributed by atoms with Crippen LogP contribution in [-0.2, 0) is 16.0 Å². The van der Waals surface area contributed by atoms with Gasteiger partial charge in [0.2, 0.25) is 5.91 Å². The minimum absolute atomic E-state index is 0.0615. The minimum Gasteiger partial charge on any atom is -0.493 e. The van der Waals surface area contributed by atoms with Crippen LogP contribution >= 0.6 is 0 Å². The van der Waals surface area contributed by atoms with Gasteiger partial charge in [0.05, 0.1) is 19.9 Å². The molecule has 0 bridgehead atoms. The van der Waals surface area contributed by atoms with Crippen LogP contribution in [0.2, 0.25) is 0 Å². The highest BCUT2D eigenvalue weighted by Gasteiger charge is 2.41. The first kappa shape index (κ1) is 21.5. The summed E-state index contributed by atoms with van der Waals surface area (Å²) in [5.41, 5.74) is 1.60. The van der Waals surface area contributed by atoms with Crippen molar-refractivity contribution in [2.75, 3.05) is 32.2 Å². The average Bonchev–Trinajstić information content (AvgIpc) is 2.71. The number of nitrogens with one attached hydrogen (secondary N) is 1. The molecule has 1 N–H and O–H groups in total. The van der Waals surface area contributed by atoms with E-state index in [1.54, 1.807) is 28.1 Å². The Labute approximate surface area is 176 Å². The van der Waals surface area contributed by atoms with Gasteiger partial charge in [-0.15, -0.1) is 0 Å². The maximum atomic E-state index is 12.9. The Kier molecular flexibility index (Phi) is 6.20. The molecule has 0 atom stereocenters. The molecule has 0 saturated carbocycles. The SMILES string of the molecule is COc1ccc(CCNC(=O)CN2C(=O)C(C)(C)Oc3ccc(C)cc32)cc1OC. The Hall–Kier alpha value is -3.22. The fourth-order valence-corrected chi connectivity index (χ4v) is 3.42. The quantitative estimate of drug-likeness (QED) is 0.757. The fraction of sp³-hybridized carbons (Fsp3) is 0.391. The van der Waals surface area contributed by atoms with Crippen molar-refractivity contribution >= 4 is 17.5 Å². The van der Waals surface area contributed by atoms with E-state index in [0.717, 1.165) is 11.1 Å². The van der Waals surface area contributed by atoms with Crippen molar-refractivity contribution in [1.29, 1.82) is 0 Å². The third-order valence-corrected chi connectivity index (χ3v) is 5.02. The summed E-state index contributed by atoms with van der Waals surface area (Å²) in [4.78, 5) is 27.0. The number of anilines is 1. The number of nitrogens with zero attached hydrogens (tertiary/aromatic N) is 1. The van der Waals surface area contributed by atoms with Crippen molar-refractivity contribution in [1.82, 2.24) is 5.32 Å². The molecule has 0 aliphatic carbocycles. The van der Waals surface area contributed by atoms with Crippen molar-refractivity contribution in [3.63, 3.8) is 0 Å². The van der Waals surface area contributed by atoms with E-state index in [4.69, 9.17) is 14.2 Å². The number of aryl methyl sites for hydroxylation is 1. The monoisotopic (exact) mass is 412 g/mol. The van der Waals surface area contributed by atoms with Gasteiger partial charge in [-0.3, -0.25) is 14.5 Å². The van der Waals surface area contributed by atoms with Gasteiger partial charge in [-0.2, -0.15) is 0 Å². The summed E-state index contributed by atoms with van der Waals surface area (Å²) in [7, 11) is 3.18. The first-order chi connectivity index (χ1) is 14.2. The lowest BCUT2D eigenvalue weighted by atomic mass is 10.0. The molecule has 1 aliphatic rings. The largest absolute Gasteiger partial charge is 0.493 e. The van der Waals surface area contributed by atoms with Crippen molar-refractivity contribution in [3.8, 4) is 17.2 Å². The molecule has 0 aromatic heterocycles. The highest BCUT2D eigenvalue weighted by molar-refractivity contribution is 6.05. The molecule has 2 amide bonds. The van der Waals surface area contributed by atoms with Gasteiger partial charge in [0, 0.05) is 6.54 Å². The zero-order valence-electron chi connectivity index (χ0n) is 18.1. The van der Waals surface area contributed by atoms with Crippen LogP contribution in [0.3, 0.4) is 0 Å². The molecule has 7 heteroatoms. The van der Waals surface area contributed by atoms with E-state index in [1.807, 2.05) is 43.3 Å². The van der Waals surface area contributed by atoms with E-state index < -0.39 is 5.60 Å². The van der Waals surface area contributed by atoms with Gasteiger partial charge in [0.25, 0.3) is 5.91 Å². The smallest absolute Gasteiger partial charge is 0.271 e. The first-order valence-corrected chi connectivity index (χ1v) is 9.84. The lowest BCUT2D eigenvalue weighted by Crippen LogP contribution is -2.55. The number of benzene rings is 2. The zero-order chi connectivity index (χ0) is 21.9. The number of hydrogen-bond donors (Lipinski definition) is 1. The second-order valence-corrected chi connectivity index (χ2v) is 7.76. The molecular weight excluding hydrogens is 384 g/mol. The number of fused-ring (bicyclic) bond motifs is 1. The molecule has 160 valence electrons. The van der Waals surface area contributed by atoms with Crippen molar-refractivity contribution < 1.29 is 23.8 Å². The average molecular weight is 412 g/mol. The van der Waals surface area contributed by atoms with Gasteiger partial charge in [-0.1, -0.05) is 12.1 Å². The van der Waals surface area contributed by atoms with E-state index in [9.17, 15) is 9.59 Å². The summed E-state index contributed by atoms with van der Waals surface area (Å²) in [5, 5.41) is 2.89. The number of carbonyl (C=O) groups is 2. The van der Waals surface area contributed by atoms with Crippen molar-refractivity contribution in [2.45, 2.75) is 32.8 Å². The first-order valence-electron chi connectivity index (χ1n) is 9.84. The second-order valence-electron chi connectivity index (χ2n) is 7.76. The van der Waals surface area contributed by atoms with Gasteiger partial charge in [0.15, 0.2) is 17.1 Å². The summed E-state index contributed by atoms with van der Waals surface area (Å²) < 4.78 is 16.4. The Bertz CT molecular complexity index is 955. The highest BCUT2D eigenvalue weighted by Crippen LogP contribution is 2.38. The number of amides is 2. The third-order valence-electron chi connectivity index (χ3n) is 5.02. The summed E-state index contributed by atoms with van der Waals surface area (Å²) in [6, 6.07) is 11.3. The van der Waals surface area contributed by atoms with Gasteiger partial charge in [0.1, 0.15) is 12.3 Å². The number of ether oxygens (including phenoxy) is 3. The second kappa shape index (κ2) is 8.65. The Morgan fingerprint density at radius 2 is 1.83 bits per heavy atom. The van der Waals surface area contributed by atoms with E-state index in [1.165, 1.54) is 4.90 Å². The molecule has 0 saturated heterocycles. The fourth-order valence-electron chi connectivity index (χ4n) is 3.42. The molecule has 0 fully saturated rings. The van der Waals surface area contributed by atoms with Crippen LogP contribution in [-0.4, -0.2) is 44.7 Å². The number of rotatable bonds is 7. The summed E-state index contributed by atoms with van der Waals surface area (Å²) in [5.74, 6) is 1.44. The zero-order valence-corrected chi connectivity index (χ0v) is 18.1. The highest BCUT2D eigenvalue weighted by atomic mass is 16.5. The van der Waals surface area contributed by atoms with Gasteiger partial charge in [-0.05, 0) is 62.6 Å². The predicted molar refractivity (Wildman–Crippen MR) is 114 cm³/mol. The van der Waals surface area contributed by atoms with Crippen molar-refractivity contribution in [3.05, 3.63) is 47.5 Å². The third kappa shape index (κ3) is 4.50. The Morgan fingerprint density at radius 1 is 1.10 bits per heavy atom. The molecule has 2 aromatic carbocycles. The molecule has 0 spiro atoms. The standard InChI is InChI=1S/C23H28N2O5/c1-15-6-8-18-17(12-15)25(22(27)23(2,3)30-18)14-21(26)24-11-10-16-7-9-19(28-4)20(13-16)29-5/h6-9,12-13H,10-11,14H2,1-5H3,(H,24,26). The minimum atomic E-state index is -1.03. The van der Waals surface area contributed by atoms with E-state index in [0.29, 0.717) is 35.9 Å². The van der Waals surface area contributed by atoms with Gasteiger partial charge < -0.3 is 19.5 Å². The molecule has 3 rings (SSSR count). The number of carbonyl (C=O) groups excluding carboxylic acids is 2. The maximum Gasteiger partial charge on any atom is 0.271 e. The Balaban J connectivity index is 1.65. The molecule has 30 heavy (non-hydrogen) atoms. The normalized spacial score (nSPS) is 14.6. The molecule has 2 aromatic rings. The van der Waals surface area contributed by atoms with Crippen molar-refractivity contribution in [2.24, 2.45) is 0 Å². The van der Waals surface area contributed by atoms with Crippen LogP contribution in [0, 0.1) is 6.92 Å². The number of methoxy groups -OCH3 is 2. The molecule has 1 heterocycles. The molecule has 0 radical (unpaired) electrons. The molecular formula is C23H28N2O5. The summed E-state index contributed by atoms with van der Waals surface area (Å²) >= 11 is 0. The summed E-state index contributed by atoms with van der Waals surface area (Å²) in [6.07, 6.45) is 0.629. The molecule has 7 nitrogen and oxygen atoms in total. The topological polar surface area (TPSA) is 77.1 Å².